The second-order valence-electron chi connectivity index (χ2n) is 3.28. The standard InChI is InChI=1S/C11H7ClFNO3S/c12-11-6-5-8(7-14-11)18(15,16)17-10-4-2-1-3-9(10)13/h1-7H. The number of hydrogen-bond donors (Lipinski definition) is 0. The first-order chi connectivity index (χ1) is 8.49. The van der Waals surface area contributed by atoms with Gasteiger partial charge in [-0.05, 0) is 24.3 Å². The van der Waals surface area contributed by atoms with Crippen LogP contribution in [0.1, 0.15) is 0 Å². The second-order valence-corrected chi connectivity index (χ2v) is 5.22. The van der Waals surface area contributed by atoms with Crippen LogP contribution in [0.25, 0.3) is 0 Å². The van der Waals surface area contributed by atoms with Crippen LogP contribution >= 0.6 is 11.6 Å². The number of nitrogens with zero attached hydrogens (tertiary/aromatic N) is 1. The van der Waals surface area contributed by atoms with Gasteiger partial charge in [-0.25, -0.2) is 9.37 Å². The first kappa shape index (κ1) is 12.8. The summed E-state index contributed by atoms with van der Waals surface area (Å²) in [6.07, 6.45) is 1.04. The highest BCUT2D eigenvalue weighted by Crippen LogP contribution is 2.21. The van der Waals surface area contributed by atoms with Gasteiger partial charge in [0.2, 0.25) is 0 Å². The maximum Gasteiger partial charge on any atom is 0.340 e. The molecule has 94 valence electrons. The van der Waals surface area contributed by atoms with Crippen molar-refractivity contribution in [3.8, 4) is 5.75 Å². The van der Waals surface area contributed by atoms with Crippen LogP contribution in [0.3, 0.4) is 0 Å². The summed E-state index contributed by atoms with van der Waals surface area (Å²) in [6.45, 7) is 0. The Balaban J connectivity index is 2.33. The Morgan fingerprint density at radius 3 is 2.50 bits per heavy atom. The van der Waals surface area contributed by atoms with E-state index in [0.717, 1.165) is 12.3 Å². The molecule has 4 nitrogen and oxygen atoms in total. The van der Waals surface area contributed by atoms with Crippen LogP contribution in [0.2, 0.25) is 5.15 Å². The lowest BCUT2D eigenvalue weighted by Gasteiger charge is -2.07. The molecule has 2 rings (SSSR count). The molecule has 18 heavy (non-hydrogen) atoms. The van der Waals surface area contributed by atoms with Gasteiger partial charge < -0.3 is 4.18 Å². The Kier molecular flexibility index (Phi) is 3.49. The molecule has 0 radical (unpaired) electrons. The van der Waals surface area contributed by atoms with Gasteiger partial charge >= 0.3 is 10.1 Å². The Hall–Kier alpha value is -1.66. The largest absolute Gasteiger partial charge is 0.376 e. The highest BCUT2D eigenvalue weighted by molar-refractivity contribution is 7.87. The molecule has 0 unspecified atom stereocenters. The van der Waals surface area contributed by atoms with Crippen molar-refractivity contribution in [1.82, 2.24) is 4.98 Å². The lowest BCUT2D eigenvalue weighted by Crippen LogP contribution is -2.10. The average molecular weight is 288 g/mol. The van der Waals surface area contributed by atoms with Crippen LogP contribution in [0.15, 0.2) is 47.5 Å². The van der Waals surface area contributed by atoms with Gasteiger partial charge in [-0.1, -0.05) is 23.7 Å². The molecule has 0 aliphatic carbocycles. The van der Waals surface area contributed by atoms with Gasteiger partial charge in [-0.15, -0.1) is 0 Å². The van der Waals surface area contributed by atoms with Crippen LogP contribution in [0.4, 0.5) is 4.39 Å². The third-order valence-corrected chi connectivity index (χ3v) is 3.47. The van der Waals surface area contributed by atoms with Gasteiger partial charge in [0.1, 0.15) is 10.0 Å². The fourth-order valence-corrected chi connectivity index (χ4v) is 2.18. The molecule has 0 spiro atoms. The summed E-state index contributed by atoms with van der Waals surface area (Å²) < 4.78 is 41.5. The summed E-state index contributed by atoms with van der Waals surface area (Å²) in [5, 5.41) is 0.153. The van der Waals surface area contributed by atoms with Crippen molar-refractivity contribution in [2.24, 2.45) is 0 Å². The minimum absolute atomic E-state index is 0.153. The number of aromatic nitrogens is 1. The number of rotatable bonds is 3. The molecule has 0 N–H and O–H groups in total. The second kappa shape index (κ2) is 4.91. The molecule has 7 heteroatoms. The van der Waals surface area contributed by atoms with Crippen LogP contribution in [0.5, 0.6) is 5.75 Å². The predicted octanol–water partition coefficient (Wildman–Crippen LogP) is 2.64. The van der Waals surface area contributed by atoms with Gasteiger partial charge in [0.25, 0.3) is 0 Å². The fraction of sp³-hybridized carbons (Fsp3) is 0. The molecule has 0 bridgehead atoms. The Morgan fingerprint density at radius 2 is 1.89 bits per heavy atom. The lowest BCUT2D eigenvalue weighted by molar-refractivity contribution is 0.461. The zero-order chi connectivity index (χ0) is 13.2. The van der Waals surface area contributed by atoms with E-state index in [9.17, 15) is 12.8 Å². The van der Waals surface area contributed by atoms with Crippen molar-refractivity contribution in [3.63, 3.8) is 0 Å². The highest BCUT2D eigenvalue weighted by atomic mass is 35.5. The van der Waals surface area contributed by atoms with Crippen LogP contribution < -0.4 is 4.18 Å². The monoisotopic (exact) mass is 287 g/mol. The minimum Gasteiger partial charge on any atom is -0.376 e. The van der Waals surface area contributed by atoms with E-state index in [0.29, 0.717) is 0 Å². The van der Waals surface area contributed by atoms with E-state index in [4.69, 9.17) is 11.6 Å². The normalized spacial score (nSPS) is 11.2. The summed E-state index contributed by atoms with van der Waals surface area (Å²) in [4.78, 5) is 3.42. The van der Waals surface area contributed by atoms with Crippen molar-refractivity contribution >= 4 is 21.7 Å². The zero-order valence-corrected chi connectivity index (χ0v) is 10.5. The van der Waals surface area contributed by atoms with E-state index in [2.05, 4.69) is 9.17 Å². The summed E-state index contributed by atoms with van der Waals surface area (Å²) in [5.41, 5.74) is 0. The molecule has 0 aliphatic heterocycles. The maximum atomic E-state index is 13.3. The Labute approximate surface area is 108 Å². The molecular formula is C11H7ClFNO3S. The van der Waals surface area contributed by atoms with Crippen molar-refractivity contribution < 1.29 is 17.0 Å². The van der Waals surface area contributed by atoms with Gasteiger partial charge in [0.05, 0.1) is 6.20 Å². The van der Waals surface area contributed by atoms with Crippen molar-refractivity contribution in [2.75, 3.05) is 0 Å². The first-order valence-electron chi connectivity index (χ1n) is 4.79. The SMILES string of the molecule is O=S(=O)(Oc1ccccc1F)c1ccc(Cl)nc1. The summed E-state index contributed by atoms with van der Waals surface area (Å²) in [7, 11) is -4.11. The van der Waals surface area contributed by atoms with Crippen molar-refractivity contribution in [3.05, 3.63) is 53.6 Å². The van der Waals surface area contributed by atoms with Gasteiger partial charge in [-0.3, -0.25) is 0 Å². The molecule has 0 amide bonds. The third kappa shape index (κ3) is 2.77. The molecule has 0 saturated heterocycles. The summed E-state index contributed by atoms with van der Waals surface area (Å²) in [6, 6.07) is 7.75. The average Bonchev–Trinajstić information content (AvgIpc) is 2.32. The summed E-state index contributed by atoms with van der Waals surface area (Å²) in [5.74, 6) is -1.13. The molecule has 1 aromatic heterocycles. The van der Waals surface area contributed by atoms with E-state index >= 15 is 0 Å². The van der Waals surface area contributed by atoms with Crippen molar-refractivity contribution in [2.45, 2.75) is 4.90 Å². The Bertz CT molecular complexity index is 658. The third-order valence-electron chi connectivity index (χ3n) is 2.03. The number of para-hydroxylation sites is 1. The van der Waals surface area contributed by atoms with E-state index in [1.54, 1.807) is 0 Å². The maximum absolute atomic E-state index is 13.3. The lowest BCUT2D eigenvalue weighted by atomic mass is 10.3. The molecule has 2 aromatic rings. The van der Waals surface area contributed by atoms with E-state index < -0.39 is 15.9 Å². The van der Waals surface area contributed by atoms with Crippen LogP contribution in [0, 0.1) is 5.82 Å². The molecule has 0 saturated carbocycles. The first-order valence-corrected chi connectivity index (χ1v) is 6.58. The molecule has 1 heterocycles. The van der Waals surface area contributed by atoms with Crippen LogP contribution in [-0.4, -0.2) is 13.4 Å². The number of halogens is 2. The fourth-order valence-electron chi connectivity index (χ4n) is 1.19. The summed E-state index contributed by atoms with van der Waals surface area (Å²) >= 11 is 5.54. The number of pyridine rings is 1. The smallest absolute Gasteiger partial charge is 0.340 e. The van der Waals surface area contributed by atoms with E-state index in [1.165, 1.54) is 30.3 Å². The predicted molar refractivity (Wildman–Crippen MR) is 63.5 cm³/mol. The molecular weight excluding hydrogens is 281 g/mol. The molecule has 0 fully saturated rings. The molecule has 0 aliphatic rings. The number of hydrogen-bond acceptors (Lipinski definition) is 4. The van der Waals surface area contributed by atoms with Gasteiger partial charge in [0, 0.05) is 0 Å². The van der Waals surface area contributed by atoms with Crippen molar-refractivity contribution in [1.29, 1.82) is 0 Å². The molecule has 0 atom stereocenters. The quantitative estimate of drug-likeness (QED) is 0.643. The topological polar surface area (TPSA) is 56.3 Å². The number of benzene rings is 1. The van der Waals surface area contributed by atoms with Gasteiger partial charge in [-0.2, -0.15) is 8.42 Å². The minimum atomic E-state index is -4.11. The highest BCUT2D eigenvalue weighted by Gasteiger charge is 2.18. The zero-order valence-electron chi connectivity index (χ0n) is 8.88. The van der Waals surface area contributed by atoms with E-state index in [-0.39, 0.29) is 15.8 Å². The van der Waals surface area contributed by atoms with E-state index in [1.807, 2.05) is 0 Å². The Morgan fingerprint density at radius 1 is 1.17 bits per heavy atom. The van der Waals surface area contributed by atoms with Crippen LogP contribution in [-0.2, 0) is 10.1 Å². The molecule has 1 aromatic carbocycles. The van der Waals surface area contributed by atoms with Gasteiger partial charge in [0.15, 0.2) is 11.6 Å².